The molecule has 2 aromatic rings. The van der Waals surface area contributed by atoms with Crippen molar-refractivity contribution in [2.45, 2.75) is 98.2 Å². The second kappa shape index (κ2) is 14.5. The number of hydrogen-bond acceptors (Lipinski definition) is 12. The number of carbonyl (C=O) groups is 2. The van der Waals surface area contributed by atoms with Gasteiger partial charge in [-0.1, -0.05) is 35.8 Å². The molecule has 0 bridgehead atoms. The quantitative estimate of drug-likeness (QED) is 0.147. The minimum Gasteiger partial charge on any atom is -0.394 e. The van der Waals surface area contributed by atoms with Gasteiger partial charge in [0, 0.05) is 36.1 Å². The van der Waals surface area contributed by atoms with Gasteiger partial charge in [0.2, 0.25) is 11.8 Å². The molecule has 276 valence electrons. The number of amides is 2. The average Bonchev–Trinajstić information content (AvgIpc) is 3.71. The van der Waals surface area contributed by atoms with E-state index in [4.69, 9.17) is 9.47 Å². The molecule has 1 spiro atoms. The smallest absolute Gasteiger partial charge is 0.245 e. The number of aliphatic hydroxyl groups is 8. The first-order chi connectivity index (χ1) is 24.9. The van der Waals surface area contributed by atoms with Crippen LogP contribution in [0.25, 0.3) is 11.1 Å². The molecule has 4 heterocycles. The van der Waals surface area contributed by atoms with Gasteiger partial charge < -0.3 is 60.5 Å². The molecule has 4 aliphatic heterocycles. The topological polar surface area (TPSA) is 230 Å². The fourth-order valence-electron chi connectivity index (χ4n) is 8.07. The summed E-state index contributed by atoms with van der Waals surface area (Å²) in [5.41, 5.74) is 4.50. The number of carbonyl (C=O) groups excluding carboxylic acids is 2. The molecule has 0 saturated carbocycles. The Morgan fingerprint density at radius 2 is 1.23 bits per heavy atom. The van der Waals surface area contributed by atoms with Crippen LogP contribution in [-0.2, 0) is 24.5 Å². The molecule has 2 aromatic carbocycles. The van der Waals surface area contributed by atoms with Gasteiger partial charge in [-0.15, -0.1) is 0 Å². The minimum atomic E-state index is -1.55. The Morgan fingerprint density at radius 1 is 0.750 bits per heavy atom. The minimum absolute atomic E-state index is 0.113. The van der Waals surface area contributed by atoms with E-state index in [1.807, 2.05) is 36.4 Å². The summed E-state index contributed by atoms with van der Waals surface area (Å²) in [6, 6.07) is 10.9. The lowest BCUT2D eigenvalue weighted by atomic mass is 9.70. The average molecular weight is 719 g/mol. The Bertz CT molecular complexity index is 1730. The first kappa shape index (κ1) is 36.5. The van der Waals surface area contributed by atoms with Gasteiger partial charge >= 0.3 is 0 Å². The molecule has 52 heavy (non-hydrogen) atoms. The van der Waals surface area contributed by atoms with Crippen molar-refractivity contribution in [3.05, 3.63) is 58.7 Å². The maximum Gasteiger partial charge on any atom is 0.245 e. The number of ether oxygens (including phenoxy) is 2. The number of hydrogen-bond donors (Lipinski definition) is 9. The van der Waals surface area contributed by atoms with Gasteiger partial charge in [-0.25, -0.2) is 0 Å². The Labute approximate surface area is 299 Å². The van der Waals surface area contributed by atoms with E-state index < -0.39 is 85.7 Å². The largest absolute Gasteiger partial charge is 0.394 e. The van der Waals surface area contributed by atoms with Crippen molar-refractivity contribution < 1.29 is 59.9 Å². The summed E-state index contributed by atoms with van der Waals surface area (Å²) in [6.45, 7) is -0.286. The SMILES string of the molecule is O=C1CC[C@H](C(=O)N2CCC3(CC2)c2cc(C#C[C@H]4O[C@H](CO)[C@@H](O)[C@H](O)[C@@H]4O)ccc2-c2ccc(C#C[C@H]4O[C@H](CO)[C@@H](O)[C@H](O)[C@@H]4O)cc23)N1. The maximum atomic E-state index is 13.4. The number of nitrogens with one attached hydrogen (secondary N) is 1. The Morgan fingerprint density at radius 3 is 1.65 bits per heavy atom. The fraction of sp³-hybridized carbons (Fsp3) is 0.526. The van der Waals surface area contributed by atoms with Crippen LogP contribution < -0.4 is 5.32 Å². The number of nitrogens with zero attached hydrogens (tertiary/aromatic N) is 1. The molecular weight excluding hydrogens is 676 g/mol. The van der Waals surface area contributed by atoms with Crippen LogP contribution in [-0.4, -0.2) is 151 Å². The van der Waals surface area contributed by atoms with Gasteiger partial charge in [0.1, 0.15) is 67.1 Å². The number of fused-ring (bicyclic) bond motifs is 5. The zero-order chi connectivity index (χ0) is 36.9. The number of rotatable bonds is 3. The maximum absolute atomic E-state index is 13.4. The molecule has 4 fully saturated rings. The van der Waals surface area contributed by atoms with Crippen molar-refractivity contribution in [3.8, 4) is 34.8 Å². The lowest BCUT2D eigenvalue weighted by Gasteiger charge is -2.41. The lowest BCUT2D eigenvalue weighted by Crippen LogP contribution is -2.58. The Balaban J connectivity index is 1.21. The van der Waals surface area contributed by atoms with Crippen molar-refractivity contribution in [2.24, 2.45) is 0 Å². The number of likely N-dealkylation sites (tertiary alicyclic amines) is 1. The first-order valence-electron chi connectivity index (χ1n) is 17.5. The lowest BCUT2D eigenvalue weighted by molar-refractivity contribution is -0.214. The molecule has 5 aliphatic rings. The highest BCUT2D eigenvalue weighted by Gasteiger charge is 2.48. The van der Waals surface area contributed by atoms with Gasteiger partial charge in [-0.3, -0.25) is 9.59 Å². The van der Waals surface area contributed by atoms with Gasteiger partial charge in [-0.2, -0.15) is 0 Å². The molecule has 0 radical (unpaired) electrons. The van der Waals surface area contributed by atoms with Crippen LogP contribution in [0.3, 0.4) is 0 Å². The van der Waals surface area contributed by atoms with Crippen molar-refractivity contribution in [3.63, 3.8) is 0 Å². The molecule has 0 aromatic heterocycles. The van der Waals surface area contributed by atoms with E-state index in [-0.39, 0.29) is 11.8 Å². The van der Waals surface area contributed by atoms with E-state index >= 15 is 0 Å². The number of aliphatic hydroxyl groups excluding tert-OH is 8. The normalized spacial score (nSPS) is 34.7. The molecule has 0 unspecified atom stereocenters. The summed E-state index contributed by atoms with van der Waals surface area (Å²) in [5, 5.41) is 83.7. The van der Waals surface area contributed by atoms with Crippen LogP contribution in [0.5, 0.6) is 0 Å². The highest BCUT2D eigenvalue weighted by atomic mass is 16.5. The molecular formula is C38H42N2O12. The van der Waals surface area contributed by atoms with E-state index in [1.165, 1.54) is 0 Å². The summed E-state index contributed by atoms with van der Waals surface area (Å²) in [4.78, 5) is 27.0. The highest BCUT2D eigenvalue weighted by molar-refractivity contribution is 5.91. The fourth-order valence-corrected chi connectivity index (χ4v) is 8.07. The number of piperidine rings is 1. The van der Waals surface area contributed by atoms with Gasteiger partial charge in [0.25, 0.3) is 0 Å². The second-order valence-corrected chi connectivity index (χ2v) is 14.1. The van der Waals surface area contributed by atoms with Crippen LogP contribution >= 0.6 is 0 Å². The standard InChI is InChI=1S/C38H42N2O12/c41-17-28-33(46)35(48)31(44)26(51-28)8-3-19-1-5-21-22-6-2-20(4-9-27-32(45)36(49)34(47)29(18-42)52-27)16-24(22)38(23(21)15-19)11-13-40(14-12-38)37(50)25-7-10-30(43)39-25/h1-2,5-6,15-16,25-29,31-36,41-42,44-49H,7,10-14,17-18H2,(H,39,43)/t25-,26-,27-,28-,29-,31-,32-,33-,34-,35-,36-/m1/s1. The summed E-state index contributed by atoms with van der Waals surface area (Å²) in [5.74, 6) is 11.5. The van der Waals surface area contributed by atoms with E-state index in [2.05, 4.69) is 29.0 Å². The number of benzene rings is 2. The van der Waals surface area contributed by atoms with Gasteiger partial charge in [0.05, 0.1) is 13.2 Å². The zero-order valence-electron chi connectivity index (χ0n) is 28.1. The summed E-state index contributed by atoms with van der Waals surface area (Å²) in [7, 11) is 0. The Kier molecular flexibility index (Phi) is 10.2. The van der Waals surface area contributed by atoms with E-state index in [0.717, 1.165) is 22.3 Å². The van der Waals surface area contributed by atoms with Crippen LogP contribution in [0.15, 0.2) is 36.4 Å². The molecule has 2 amide bonds. The third-order valence-corrected chi connectivity index (χ3v) is 11.1. The van der Waals surface area contributed by atoms with Crippen molar-refractivity contribution >= 4 is 11.8 Å². The highest BCUT2D eigenvalue weighted by Crippen LogP contribution is 2.54. The second-order valence-electron chi connectivity index (χ2n) is 14.1. The van der Waals surface area contributed by atoms with Crippen LogP contribution in [0.2, 0.25) is 0 Å². The molecule has 1 aliphatic carbocycles. The van der Waals surface area contributed by atoms with E-state index in [0.29, 0.717) is 49.9 Å². The molecule has 9 N–H and O–H groups in total. The summed E-state index contributed by atoms with van der Waals surface area (Å²) in [6.07, 6.45) is -11.7. The molecule has 14 heteroatoms. The predicted octanol–water partition coefficient (Wildman–Crippen LogP) is -2.76. The zero-order valence-corrected chi connectivity index (χ0v) is 28.1. The Hall–Kier alpha value is -3.90. The van der Waals surface area contributed by atoms with Gasteiger partial charge in [0.15, 0.2) is 0 Å². The summed E-state index contributed by atoms with van der Waals surface area (Å²) < 4.78 is 11.1. The molecule has 14 nitrogen and oxygen atoms in total. The first-order valence-corrected chi connectivity index (χ1v) is 17.5. The summed E-state index contributed by atoms with van der Waals surface area (Å²) >= 11 is 0. The third-order valence-electron chi connectivity index (χ3n) is 11.1. The van der Waals surface area contributed by atoms with Crippen LogP contribution in [0.1, 0.15) is 47.9 Å². The predicted molar refractivity (Wildman–Crippen MR) is 181 cm³/mol. The van der Waals surface area contributed by atoms with Crippen LogP contribution in [0, 0.1) is 23.7 Å². The van der Waals surface area contributed by atoms with Crippen molar-refractivity contribution in [1.29, 1.82) is 0 Å². The van der Waals surface area contributed by atoms with E-state index in [1.54, 1.807) is 4.90 Å². The van der Waals surface area contributed by atoms with Gasteiger partial charge in [-0.05, 0) is 65.8 Å². The van der Waals surface area contributed by atoms with Crippen LogP contribution in [0.4, 0.5) is 0 Å². The van der Waals surface area contributed by atoms with Crippen molar-refractivity contribution in [2.75, 3.05) is 26.3 Å². The molecule has 7 rings (SSSR count). The third kappa shape index (κ3) is 6.39. The van der Waals surface area contributed by atoms with Crippen molar-refractivity contribution in [1.82, 2.24) is 10.2 Å². The molecule has 4 saturated heterocycles. The van der Waals surface area contributed by atoms with E-state index in [9.17, 15) is 50.4 Å². The monoisotopic (exact) mass is 718 g/mol. The molecule has 11 atom stereocenters.